The van der Waals surface area contributed by atoms with Gasteiger partial charge in [-0.15, -0.1) is 0 Å². The number of nitrogens with zero attached hydrogens (tertiary/aromatic N) is 5. The molecule has 2 aliphatic rings. The molecule has 0 bridgehead atoms. The Morgan fingerprint density at radius 2 is 1.81 bits per heavy atom. The molecule has 0 radical (unpaired) electrons. The molecular weight excluding hydrogens is 772 g/mol. The smallest absolute Gasteiger partial charge is 0.406 e. The van der Waals surface area contributed by atoms with Crippen LogP contribution in [-0.2, 0) is 46.5 Å². The van der Waals surface area contributed by atoms with Crippen LogP contribution in [-0.4, -0.2) is 104 Å². The third-order valence-electron chi connectivity index (χ3n) is 8.21. The van der Waals surface area contributed by atoms with Gasteiger partial charge in [0, 0.05) is 32.2 Å². The van der Waals surface area contributed by atoms with Crippen LogP contribution in [0.25, 0.3) is 11.2 Å². The Morgan fingerprint density at radius 1 is 1.09 bits per heavy atom. The van der Waals surface area contributed by atoms with E-state index < -0.39 is 114 Å². The van der Waals surface area contributed by atoms with Crippen LogP contribution < -0.4 is 47.8 Å². The highest BCUT2D eigenvalue weighted by atomic mass is 31.2. The van der Waals surface area contributed by atoms with Crippen LogP contribution in [0.15, 0.2) is 28.2 Å². The minimum absolute atomic E-state index is 0.0851. The number of phosphoric ester groups is 1. The number of ether oxygens (including phenoxy) is 3. The predicted octanol–water partition coefficient (Wildman–Crippen LogP) is -6.06. The van der Waals surface area contributed by atoms with Crippen LogP contribution in [0.3, 0.4) is 0 Å². The molecule has 0 aliphatic carbocycles. The average molecular weight is 806 g/mol. The van der Waals surface area contributed by atoms with Crippen LogP contribution in [0.1, 0.15) is 31.7 Å². The van der Waals surface area contributed by atoms with E-state index in [1.165, 1.54) is 16.8 Å². The SMILES string of the molecule is CO[C@@H]1[C@H](O[P@](=O)(NCCCC(C(=O)[O-])C(=O)[O-])OC[C@@H]2C[C@@H](O)[C@H](n3ccc(N)nc3=O)O2)[C@@H](COP(=O)([O-])[O-])O[C@H]1n1cnc2c(=O)[nH]c(N)nc21. The first kappa shape index (κ1) is 41.0. The number of nitrogens with one attached hydrogen (secondary N) is 2. The number of carbonyl (C=O) groups excluding carboxylic acids is 2. The Bertz CT molecular complexity index is 2040. The van der Waals surface area contributed by atoms with E-state index in [-0.39, 0.29) is 35.8 Å². The molecular formula is C26H33N9O17P2-4. The lowest BCUT2D eigenvalue weighted by atomic mass is 10.0. The van der Waals surface area contributed by atoms with E-state index >= 15 is 0 Å². The van der Waals surface area contributed by atoms with Crippen molar-refractivity contribution in [3.05, 3.63) is 39.4 Å². The number of carboxylic acids is 2. The fourth-order valence-corrected chi connectivity index (χ4v) is 7.68. The number of aromatic nitrogens is 6. The van der Waals surface area contributed by atoms with Crippen LogP contribution >= 0.6 is 15.6 Å². The number of hydrogen-bond acceptors (Lipinski definition) is 22. The number of phosphoric acid groups is 1. The monoisotopic (exact) mass is 805 g/mol. The summed E-state index contributed by atoms with van der Waals surface area (Å²) in [5, 5.41) is 35.5. The second kappa shape index (κ2) is 16.7. The number of aliphatic hydroxyl groups is 1. The van der Waals surface area contributed by atoms with Gasteiger partial charge in [-0.3, -0.25) is 28.0 Å². The Labute approximate surface area is 302 Å². The average Bonchev–Trinajstić information content (AvgIpc) is 3.76. The quantitative estimate of drug-likeness (QED) is 0.0453. The molecule has 28 heteroatoms. The first-order valence-corrected chi connectivity index (χ1v) is 18.7. The summed E-state index contributed by atoms with van der Waals surface area (Å²) in [5.74, 6) is -6.27. The van der Waals surface area contributed by atoms with Gasteiger partial charge in [0.2, 0.25) is 5.95 Å². The largest absolute Gasteiger partial charge is 0.790 e. The van der Waals surface area contributed by atoms with Gasteiger partial charge in [0.05, 0.1) is 45.4 Å². The van der Waals surface area contributed by atoms with Crippen molar-refractivity contribution < 1.29 is 71.6 Å². The molecule has 2 fully saturated rings. The van der Waals surface area contributed by atoms with E-state index in [1.54, 1.807) is 0 Å². The number of nitrogen functional groups attached to an aromatic ring is 2. The van der Waals surface area contributed by atoms with Crippen molar-refractivity contribution in [3.63, 3.8) is 0 Å². The zero-order chi connectivity index (χ0) is 39.5. The highest BCUT2D eigenvalue weighted by Crippen LogP contribution is 2.50. The standard InChI is InChI=1S/C26H37N9O17P2/c1-47-18-17(14(9-49-54(44,45)46)51-22(18)35-10-29-16-19(35)32-25(28)33-20(16)37)52-53(43,30-5-2-3-12(23(38)39)24(40)41)48-8-11-7-13(36)21(50-11)34-6-4-15(27)31-26(34)42/h4,6,10-14,17-18,21-22,36H,2-3,5,7-9H2,1H3,(H,30,43)(H,38,39)(H,40,41)(H2,27,31,42)(H2,44,45,46)(H3,28,32,33,37)/p-4/t11-,13+,14+,17+,18+,21+,22+,53-/m0/s1. The van der Waals surface area contributed by atoms with Crippen LogP contribution in [0.5, 0.6) is 0 Å². The summed E-state index contributed by atoms with van der Waals surface area (Å²) < 4.78 is 61.3. The van der Waals surface area contributed by atoms with Gasteiger partial charge in [-0.25, -0.2) is 19.4 Å². The zero-order valence-electron chi connectivity index (χ0n) is 27.9. The number of imidazole rings is 1. The lowest BCUT2D eigenvalue weighted by molar-refractivity contribution is -0.343. The van der Waals surface area contributed by atoms with Gasteiger partial charge in [0.25, 0.3) is 5.56 Å². The molecule has 3 aromatic heterocycles. The molecule has 5 heterocycles. The summed E-state index contributed by atoms with van der Waals surface area (Å²) in [6.45, 7) is -2.06. The molecule has 26 nitrogen and oxygen atoms in total. The van der Waals surface area contributed by atoms with Gasteiger partial charge in [-0.05, 0) is 18.9 Å². The molecule has 0 unspecified atom stereocenters. The van der Waals surface area contributed by atoms with Crippen molar-refractivity contribution in [2.45, 2.75) is 62.2 Å². The number of methoxy groups -OCH3 is 1. The number of fused-ring (bicyclic) bond motifs is 1. The summed E-state index contributed by atoms with van der Waals surface area (Å²) in [6.07, 6.45) is -8.30. The normalized spacial score (nSPS) is 25.7. The van der Waals surface area contributed by atoms with Crippen molar-refractivity contribution in [1.82, 2.24) is 34.2 Å². The predicted molar refractivity (Wildman–Crippen MR) is 167 cm³/mol. The van der Waals surface area contributed by atoms with E-state index in [1.807, 2.05) is 0 Å². The first-order chi connectivity index (χ1) is 25.4. The van der Waals surface area contributed by atoms with Gasteiger partial charge in [-0.1, -0.05) is 0 Å². The second-order valence-electron chi connectivity index (χ2n) is 11.9. The van der Waals surface area contributed by atoms with Crippen molar-refractivity contribution >= 4 is 50.4 Å². The summed E-state index contributed by atoms with van der Waals surface area (Å²) in [5.41, 5.74) is 9.34. The number of anilines is 2. The molecule has 0 aromatic carbocycles. The number of carboxylic acid groups (broad SMARTS) is 2. The maximum absolute atomic E-state index is 14.4. The molecule has 0 amide bonds. The lowest BCUT2D eigenvalue weighted by Crippen LogP contribution is -2.43. The topological polar surface area (TPSA) is 399 Å². The summed E-state index contributed by atoms with van der Waals surface area (Å²) >= 11 is 0. The number of aromatic amines is 1. The zero-order valence-corrected chi connectivity index (χ0v) is 29.6. The van der Waals surface area contributed by atoms with E-state index in [0.29, 0.717) is 0 Å². The highest BCUT2D eigenvalue weighted by Gasteiger charge is 2.51. The molecule has 0 spiro atoms. The molecule has 298 valence electrons. The molecule has 0 saturated carbocycles. The molecule has 54 heavy (non-hydrogen) atoms. The number of hydrogen-bond donors (Lipinski definition) is 5. The molecule has 3 aromatic rings. The van der Waals surface area contributed by atoms with Crippen LogP contribution in [0, 0.1) is 5.92 Å². The summed E-state index contributed by atoms with van der Waals surface area (Å²) in [6, 6.07) is 1.29. The van der Waals surface area contributed by atoms with Gasteiger partial charge < -0.3 is 69.5 Å². The van der Waals surface area contributed by atoms with Gasteiger partial charge >= 0.3 is 13.4 Å². The fourth-order valence-electron chi connectivity index (χ4n) is 5.75. The molecule has 8 atom stereocenters. The maximum Gasteiger partial charge on any atom is 0.406 e. The Balaban J connectivity index is 1.42. The molecule has 7 N–H and O–H groups in total. The highest BCUT2D eigenvalue weighted by molar-refractivity contribution is 7.51. The van der Waals surface area contributed by atoms with E-state index in [4.69, 9.17) is 34.7 Å². The maximum atomic E-state index is 14.4. The van der Waals surface area contributed by atoms with E-state index in [2.05, 4.69) is 29.5 Å². The Hall–Kier alpha value is -4.17. The number of nitrogens with two attached hydrogens (primary N) is 2. The lowest BCUT2D eigenvalue weighted by Gasteiger charge is -2.32. The molecule has 5 rings (SSSR count). The molecule has 2 saturated heterocycles. The van der Waals surface area contributed by atoms with Crippen molar-refractivity contribution in [2.24, 2.45) is 5.92 Å². The first-order valence-electron chi connectivity index (χ1n) is 15.7. The van der Waals surface area contributed by atoms with Crippen molar-refractivity contribution in [2.75, 3.05) is 38.3 Å². The van der Waals surface area contributed by atoms with E-state index in [9.17, 15) is 53.4 Å². The molecule has 2 aliphatic heterocycles. The van der Waals surface area contributed by atoms with Crippen molar-refractivity contribution in [3.8, 4) is 0 Å². The van der Waals surface area contributed by atoms with E-state index in [0.717, 1.165) is 18.0 Å². The third kappa shape index (κ3) is 9.55. The van der Waals surface area contributed by atoms with Gasteiger partial charge in [0.15, 0.2) is 23.6 Å². The number of H-pyrrole nitrogens is 1. The van der Waals surface area contributed by atoms with Crippen molar-refractivity contribution in [1.29, 1.82) is 0 Å². The van der Waals surface area contributed by atoms with Crippen LogP contribution in [0.4, 0.5) is 11.8 Å². The van der Waals surface area contributed by atoms with Gasteiger partial charge in [-0.2, -0.15) is 9.97 Å². The Kier molecular flexibility index (Phi) is 12.7. The summed E-state index contributed by atoms with van der Waals surface area (Å²) in [4.78, 5) is 84.0. The van der Waals surface area contributed by atoms with Gasteiger partial charge in [0.1, 0.15) is 30.2 Å². The number of aliphatic hydroxyl groups excluding tert-OH is 1. The summed E-state index contributed by atoms with van der Waals surface area (Å²) in [7, 11) is -9.25. The van der Waals surface area contributed by atoms with Crippen LogP contribution in [0.2, 0.25) is 0 Å². The Morgan fingerprint density at radius 3 is 2.46 bits per heavy atom. The third-order valence-corrected chi connectivity index (χ3v) is 10.3. The minimum atomic E-state index is -5.64. The number of aliphatic carboxylic acids is 2. The number of rotatable bonds is 18. The second-order valence-corrected chi connectivity index (χ2v) is 14.8. The minimum Gasteiger partial charge on any atom is -0.790 e. The number of carbonyl (C=O) groups is 2. The fraction of sp³-hybridized carbons (Fsp3) is 0.577.